The van der Waals surface area contributed by atoms with Gasteiger partial charge in [0.1, 0.15) is 42.0 Å². The minimum Gasteiger partial charge on any atom is -0.494 e. The average molecular weight is 1150 g/mol. The van der Waals surface area contributed by atoms with Crippen LogP contribution < -0.4 is 4.74 Å². The van der Waals surface area contributed by atoms with Crippen LogP contribution in [0.2, 0.25) is 0 Å². The number of likely N-dealkylation sites (N-methyl/N-ethyl adjacent to an activating group) is 1. The number of ketones is 1. The Hall–Kier alpha value is -4.18. The summed E-state index contributed by atoms with van der Waals surface area (Å²) >= 11 is 1.30. The second kappa shape index (κ2) is 32.0. The number of aryl methyl sites for hydroxylation is 1. The Bertz CT molecular complexity index is 2360. The molecule has 448 valence electrons. The Labute approximate surface area is 475 Å². The summed E-state index contributed by atoms with van der Waals surface area (Å²) in [6.45, 7) is 16.5. The van der Waals surface area contributed by atoms with Gasteiger partial charge in [-0.3, -0.25) is 19.2 Å². The van der Waals surface area contributed by atoms with E-state index in [2.05, 4.69) is 19.9 Å². The van der Waals surface area contributed by atoms with Crippen molar-refractivity contribution in [2.24, 2.45) is 23.7 Å². The van der Waals surface area contributed by atoms with Gasteiger partial charge in [-0.15, -0.1) is 10.2 Å². The number of allylic oxidation sites excluding steroid dienone is 3. The van der Waals surface area contributed by atoms with Crippen LogP contribution in [0.3, 0.4) is 0 Å². The zero-order valence-electron chi connectivity index (χ0n) is 48.4. The molecule has 2 aromatic heterocycles. The number of methoxy groups -OCH3 is 2. The number of hydrogen-bond donors (Lipinski definition) is 4. The molecule has 0 aliphatic carbocycles. The topological polar surface area (TPSA) is 267 Å². The highest BCUT2D eigenvalue weighted by atomic mass is 32.1. The van der Waals surface area contributed by atoms with Crippen molar-refractivity contribution in [3.05, 3.63) is 65.3 Å². The van der Waals surface area contributed by atoms with E-state index in [9.17, 15) is 30.0 Å². The van der Waals surface area contributed by atoms with Gasteiger partial charge in [-0.2, -0.15) is 0 Å². The zero-order valence-corrected chi connectivity index (χ0v) is 49.2. The molecule has 1 unspecified atom stereocenters. The van der Waals surface area contributed by atoms with Gasteiger partial charge in [-0.1, -0.05) is 48.2 Å². The summed E-state index contributed by atoms with van der Waals surface area (Å²) < 4.78 is 66.8. The number of cyclic esters (lactones) is 1. The number of hydrogen-bond acceptors (Lipinski definition) is 22. The lowest BCUT2D eigenvalue weighted by Gasteiger charge is -2.47. The van der Waals surface area contributed by atoms with Gasteiger partial charge in [0.25, 0.3) is 0 Å². The number of aliphatic hydroxyl groups is 4. The first-order valence-electron chi connectivity index (χ1n) is 28.2. The molecule has 2 saturated heterocycles. The minimum absolute atomic E-state index is 0.000993. The number of esters is 1. The van der Waals surface area contributed by atoms with E-state index < -0.39 is 122 Å². The van der Waals surface area contributed by atoms with Crippen molar-refractivity contribution in [2.75, 3.05) is 54.2 Å². The fourth-order valence-electron chi connectivity index (χ4n) is 10.8. The van der Waals surface area contributed by atoms with Crippen molar-refractivity contribution in [1.29, 1.82) is 0 Å². The molecular formula is C57H88N6O16S. The number of benzene rings is 1. The van der Waals surface area contributed by atoms with Crippen LogP contribution >= 0.6 is 11.5 Å². The molecule has 0 spiro atoms. The molecule has 0 radical (unpaired) electrons. The van der Waals surface area contributed by atoms with E-state index in [1.165, 1.54) is 31.8 Å². The Balaban J connectivity index is 1.17. The number of carbonyl (C=O) groups is 2. The second-order valence-electron chi connectivity index (χ2n) is 21.3. The maximum Gasteiger partial charge on any atom is 0.308 e. The first-order valence-corrected chi connectivity index (χ1v) is 29.0. The first kappa shape index (κ1) is 65.0. The van der Waals surface area contributed by atoms with Crippen molar-refractivity contribution in [3.63, 3.8) is 0 Å². The number of carbonyl (C=O) groups excluding carboxylic acids is 2. The molecule has 3 aliphatic rings. The summed E-state index contributed by atoms with van der Waals surface area (Å²) in [6.07, 6.45) is -3.94. The third-order valence-corrected chi connectivity index (χ3v) is 15.9. The van der Waals surface area contributed by atoms with Crippen LogP contribution in [-0.4, -0.2) is 202 Å². The van der Waals surface area contributed by atoms with Crippen LogP contribution in [0.5, 0.6) is 5.75 Å². The summed E-state index contributed by atoms with van der Waals surface area (Å²) in [5.41, 5.74) is 3.22. The van der Waals surface area contributed by atoms with E-state index in [1.807, 2.05) is 81.4 Å². The third-order valence-electron chi connectivity index (χ3n) is 15.4. The van der Waals surface area contributed by atoms with E-state index in [-0.39, 0.29) is 25.2 Å². The second-order valence-corrected chi connectivity index (χ2v) is 21.9. The number of ether oxygens (including phenoxy) is 10. The fourth-order valence-corrected chi connectivity index (χ4v) is 11.2. The summed E-state index contributed by atoms with van der Waals surface area (Å²) in [7, 11) is 4.76. The Kier molecular flexibility index (Phi) is 26.0. The normalized spacial score (nSPS) is 32.3. The summed E-state index contributed by atoms with van der Waals surface area (Å²) in [5, 5.41) is 61.5. The maximum atomic E-state index is 14.2. The highest BCUT2D eigenvalue weighted by Crippen LogP contribution is 2.37. The number of nitrogens with zero attached hydrogens (tertiary/aromatic N) is 6. The highest BCUT2D eigenvalue weighted by Gasteiger charge is 2.49. The predicted molar refractivity (Wildman–Crippen MR) is 295 cm³/mol. The lowest BCUT2D eigenvalue weighted by atomic mass is 9.79. The van der Waals surface area contributed by atoms with Crippen molar-refractivity contribution in [3.8, 4) is 17.0 Å². The average Bonchev–Trinajstić information content (AvgIpc) is 4.16. The number of aromatic nitrogens is 5. The van der Waals surface area contributed by atoms with Crippen molar-refractivity contribution < 1.29 is 77.4 Å². The van der Waals surface area contributed by atoms with Gasteiger partial charge in [-0.25, -0.2) is 0 Å². The largest absolute Gasteiger partial charge is 0.494 e. The zero-order chi connectivity index (χ0) is 58.0. The van der Waals surface area contributed by atoms with E-state index in [0.717, 1.165) is 22.7 Å². The van der Waals surface area contributed by atoms with Gasteiger partial charge in [0.15, 0.2) is 24.7 Å². The van der Waals surface area contributed by atoms with Crippen LogP contribution in [0.25, 0.3) is 11.3 Å². The summed E-state index contributed by atoms with van der Waals surface area (Å²) in [6, 6.07) is 6.85. The first-order chi connectivity index (χ1) is 38.4. The SMILES string of the molecule is CCOC(C[C@H]1C[C@@H](C)C(=O)C=CC(C)=C[C@H](COC2O[C@H](C)[C@@H](O)[C@@H](OC)[C@H]2OC)[C@@H](CC)OC(=O)C[C@@H](O)[C@H](C)[C@H]1O[C@@H]1O[C@H](C)[C@@H](O)[C@H](N(C)CCc2cn(CCCOc3ccc(-c4csnn4)cc3)nn2)[C@H]1O)OCC. The molecule has 2 fully saturated rings. The van der Waals surface area contributed by atoms with Crippen molar-refractivity contribution >= 4 is 23.3 Å². The van der Waals surface area contributed by atoms with Gasteiger partial charge in [0.2, 0.25) is 0 Å². The Morgan fingerprint density at radius 2 is 1.57 bits per heavy atom. The molecule has 22 nitrogen and oxygen atoms in total. The number of rotatable bonds is 24. The van der Waals surface area contributed by atoms with E-state index in [0.29, 0.717) is 57.7 Å². The Morgan fingerprint density at radius 1 is 0.875 bits per heavy atom. The monoisotopic (exact) mass is 1140 g/mol. The van der Waals surface area contributed by atoms with Gasteiger partial charge in [0.05, 0.1) is 61.9 Å². The molecular weight excluding hydrogens is 1060 g/mol. The molecule has 23 heteroatoms. The minimum atomic E-state index is -1.40. The predicted octanol–water partition coefficient (Wildman–Crippen LogP) is 4.95. The van der Waals surface area contributed by atoms with Crippen LogP contribution in [0.15, 0.2) is 59.6 Å². The molecule has 3 aliphatic heterocycles. The third kappa shape index (κ3) is 17.9. The molecule has 1 aromatic carbocycles. The standard InChI is InChI=1S/C57H88N6O16S/c1-12-46-40(31-75-57-55(71-11)54(70-10)51(68)37(8)77-57)26-33(4)16-21-44(64)34(5)27-39(28-48(72-13-2)73-14-3)53(35(6)45(65)29-47(66)78-46)79-56-52(69)49(50(67)36(7)76-56)62(9)24-22-41-30-63(60-58-41)23-15-25-74-42-19-17-38(18-20-42)43-32-80-61-59-43/h16-21,26,30,32,34-37,39-40,45-46,48-57,65,67-69H,12-15,22-25,27-29,31H2,1-11H3/t34-,35+,36-,37-,39-,40-,45-,46-,49+,50-,51-,52-,53-,54-,55-,56+,57?/m1/s1. The molecule has 5 heterocycles. The molecule has 6 rings (SSSR count). The smallest absolute Gasteiger partial charge is 0.308 e. The maximum absolute atomic E-state index is 14.2. The van der Waals surface area contributed by atoms with Crippen LogP contribution in [0, 0.1) is 23.7 Å². The van der Waals surface area contributed by atoms with Crippen molar-refractivity contribution in [1.82, 2.24) is 29.5 Å². The molecule has 80 heavy (non-hydrogen) atoms. The number of aliphatic hydroxyl groups excluding tert-OH is 4. The van der Waals surface area contributed by atoms with Gasteiger partial charge in [-0.05, 0) is 102 Å². The lowest BCUT2D eigenvalue weighted by molar-refractivity contribution is -0.307. The molecule has 0 amide bonds. The quantitative estimate of drug-likeness (QED) is 0.0525. The molecule has 0 bridgehead atoms. The van der Waals surface area contributed by atoms with E-state index >= 15 is 0 Å². The molecule has 17 atom stereocenters. The van der Waals surface area contributed by atoms with Gasteiger partial charge in [0, 0.05) is 94.7 Å². The van der Waals surface area contributed by atoms with Crippen molar-refractivity contribution in [2.45, 2.75) is 186 Å². The van der Waals surface area contributed by atoms with E-state index in [1.54, 1.807) is 38.6 Å². The van der Waals surface area contributed by atoms with Gasteiger partial charge < -0.3 is 67.8 Å². The van der Waals surface area contributed by atoms with Gasteiger partial charge >= 0.3 is 5.97 Å². The summed E-state index contributed by atoms with van der Waals surface area (Å²) in [4.78, 5) is 30.1. The van der Waals surface area contributed by atoms with E-state index in [4.69, 9.17) is 47.4 Å². The van der Waals surface area contributed by atoms with Crippen LogP contribution in [-0.2, 0) is 65.2 Å². The molecule has 0 saturated carbocycles. The molecule has 3 aromatic rings. The fraction of sp³-hybridized carbons (Fsp3) is 0.719. The van der Waals surface area contributed by atoms with Crippen LogP contribution in [0.1, 0.15) is 93.2 Å². The lowest BCUT2D eigenvalue weighted by Crippen LogP contribution is -2.64. The highest BCUT2D eigenvalue weighted by molar-refractivity contribution is 7.03. The Morgan fingerprint density at radius 3 is 2.24 bits per heavy atom. The summed E-state index contributed by atoms with van der Waals surface area (Å²) in [5.74, 6) is -2.61. The molecule has 4 N–H and O–H groups in total. The van der Waals surface area contributed by atoms with Crippen LogP contribution in [0.4, 0.5) is 0 Å².